The number of rotatable bonds is 4. The molecule has 0 unspecified atom stereocenters. The fourth-order valence-corrected chi connectivity index (χ4v) is 3.45. The van der Waals surface area contributed by atoms with E-state index in [0.717, 1.165) is 27.7 Å². The Balaban J connectivity index is 1.51. The van der Waals surface area contributed by atoms with E-state index in [1.165, 1.54) is 22.1 Å². The minimum atomic E-state index is 0.642. The van der Waals surface area contributed by atoms with Crippen LogP contribution in [0.4, 0.5) is 5.13 Å². The molecule has 1 heterocycles. The summed E-state index contributed by atoms with van der Waals surface area (Å²) >= 11 is 1.50. The third-order valence-corrected chi connectivity index (χ3v) is 5.05. The Morgan fingerprint density at radius 2 is 1.81 bits per heavy atom. The van der Waals surface area contributed by atoms with Crippen LogP contribution >= 0.6 is 11.3 Å². The van der Waals surface area contributed by atoms with Crippen LogP contribution < -0.4 is 5.43 Å². The predicted molar refractivity (Wildman–Crippen MR) is 112 cm³/mol. The fourth-order valence-electron chi connectivity index (χ4n) is 2.78. The normalized spacial score (nSPS) is 11.3. The number of aromatic nitrogens is 1. The monoisotopic (exact) mass is 368 g/mol. The van der Waals surface area contributed by atoms with Crippen molar-refractivity contribution in [2.45, 2.75) is 6.92 Å². The van der Waals surface area contributed by atoms with Gasteiger partial charge >= 0.3 is 0 Å². The number of benzene rings is 3. The third kappa shape index (κ3) is 3.71. The van der Waals surface area contributed by atoms with E-state index in [9.17, 15) is 0 Å². The third-order valence-electron chi connectivity index (χ3n) is 4.30. The molecule has 3 aromatic carbocycles. The molecule has 0 bridgehead atoms. The molecule has 0 aliphatic heterocycles. The molecular formula is C22H16N4S. The molecule has 0 aliphatic carbocycles. The molecule has 1 N–H and O–H groups in total. The lowest BCUT2D eigenvalue weighted by Gasteiger charge is -2.04. The topological polar surface area (TPSA) is 61.1 Å². The molecule has 0 spiro atoms. The molecule has 130 valence electrons. The molecule has 0 saturated heterocycles. The van der Waals surface area contributed by atoms with Gasteiger partial charge in [0, 0.05) is 10.9 Å². The van der Waals surface area contributed by atoms with Crippen molar-refractivity contribution in [1.29, 1.82) is 5.26 Å². The molecule has 27 heavy (non-hydrogen) atoms. The second kappa shape index (κ2) is 7.40. The van der Waals surface area contributed by atoms with Gasteiger partial charge in [-0.2, -0.15) is 10.4 Å². The van der Waals surface area contributed by atoms with Gasteiger partial charge < -0.3 is 0 Å². The molecule has 0 radical (unpaired) electrons. The van der Waals surface area contributed by atoms with Crippen LogP contribution in [0.5, 0.6) is 0 Å². The minimum absolute atomic E-state index is 0.642. The average molecular weight is 368 g/mol. The van der Waals surface area contributed by atoms with Gasteiger partial charge in [0.05, 0.1) is 23.0 Å². The van der Waals surface area contributed by atoms with Crippen LogP contribution in [0.25, 0.3) is 22.0 Å². The minimum Gasteiger partial charge on any atom is -0.252 e. The molecule has 0 saturated carbocycles. The van der Waals surface area contributed by atoms with Crippen LogP contribution in [-0.2, 0) is 0 Å². The highest BCUT2D eigenvalue weighted by Gasteiger charge is 2.05. The van der Waals surface area contributed by atoms with E-state index in [1.807, 2.05) is 36.6 Å². The first-order valence-corrected chi connectivity index (χ1v) is 9.36. The van der Waals surface area contributed by atoms with E-state index >= 15 is 0 Å². The Morgan fingerprint density at radius 1 is 1.04 bits per heavy atom. The largest absolute Gasteiger partial charge is 0.252 e. The molecule has 0 aliphatic rings. The quantitative estimate of drug-likeness (QED) is 0.373. The van der Waals surface area contributed by atoms with Crippen molar-refractivity contribution in [2.24, 2.45) is 5.10 Å². The van der Waals surface area contributed by atoms with Gasteiger partial charge in [0.2, 0.25) is 5.13 Å². The lowest BCUT2D eigenvalue weighted by molar-refractivity contribution is 1.27. The number of nitrogens with one attached hydrogen (secondary N) is 1. The van der Waals surface area contributed by atoms with E-state index in [2.05, 4.69) is 51.9 Å². The summed E-state index contributed by atoms with van der Waals surface area (Å²) in [5.41, 5.74) is 7.51. The standard InChI is InChI=1S/C22H16N4S/c1-15(19-11-10-17-4-2-3-5-20(17)12-19)25-26-22-24-21(14-27-22)18-8-6-16(13-23)7-9-18/h2-12,14H,1H3,(H,24,26)/b25-15+. The molecule has 4 nitrogen and oxygen atoms in total. The first kappa shape index (κ1) is 17.0. The molecule has 0 atom stereocenters. The fraction of sp³-hybridized carbons (Fsp3) is 0.0455. The molecule has 0 amide bonds. The van der Waals surface area contributed by atoms with Crippen LogP contribution in [0.1, 0.15) is 18.1 Å². The number of hydrogen-bond donors (Lipinski definition) is 1. The maximum absolute atomic E-state index is 8.89. The molecule has 1 aromatic heterocycles. The zero-order chi connectivity index (χ0) is 18.6. The molecule has 0 fully saturated rings. The highest BCUT2D eigenvalue weighted by atomic mass is 32.1. The number of hydrogen-bond acceptors (Lipinski definition) is 5. The lowest BCUT2D eigenvalue weighted by Crippen LogP contribution is -1.99. The second-order valence-electron chi connectivity index (χ2n) is 6.10. The van der Waals surface area contributed by atoms with Gasteiger partial charge in [-0.25, -0.2) is 4.98 Å². The van der Waals surface area contributed by atoms with Crippen molar-refractivity contribution in [3.63, 3.8) is 0 Å². The summed E-state index contributed by atoms with van der Waals surface area (Å²) in [7, 11) is 0. The zero-order valence-electron chi connectivity index (χ0n) is 14.7. The zero-order valence-corrected chi connectivity index (χ0v) is 15.5. The number of nitriles is 1. The summed E-state index contributed by atoms with van der Waals surface area (Å²) in [5, 5.41) is 18.5. The van der Waals surface area contributed by atoms with E-state index < -0.39 is 0 Å². The van der Waals surface area contributed by atoms with Crippen molar-refractivity contribution in [1.82, 2.24) is 4.98 Å². The average Bonchev–Trinajstić information content (AvgIpc) is 3.21. The van der Waals surface area contributed by atoms with Gasteiger partial charge in [-0.15, -0.1) is 11.3 Å². The van der Waals surface area contributed by atoms with Crippen LogP contribution in [0, 0.1) is 11.3 Å². The Hall–Kier alpha value is -3.49. The number of anilines is 1. The Labute approximate surface area is 161 Å². The van der Waals surface area contributed by atoms with Crippen molar-refractivity contribution >= 4 is 33.0 Å². The van der Waals surface area contributed by atoms with Crippen molar-refractivity contribution in [2.75, 3.05) is 5.43 Å². The number of nitrogens with zero attached hydrogens (tertiary/aromatic N) is 3. The Bertz CT molecular complexity index is 1170. The number of thiazole rings is 1. The highest BCUT2D eigenvalue weighted by molar-refractivity contribution is 7.14. The highest BCUT2D eigenvalue weighted by Crippen LogP contribution is 2.25. The smallest absolute Gasteiger partial charge is 0.203 e. The number of hydrazone groups is 1. The van der Waals surface area contributed by atoms with Crippen LogP contribution in [0.3, 0.4) is 0 Å². The summed E-state index contributed by atoms with van der Waals surface area (Å²) in [5.74, 6) is 0. The SMILES string of the molecule is C/C(=N\Nc1nc(-c2ccc(C#N)cc2)cs1)c1ccc2ccccc2c1. The summed E-state index contributed by atoms with van der Waals surface area (Å²) in [6.45, 7) is 1.98. The van der Waals surface area contributed by atoms with Gasteiger partial charge in [0.1, 0.15) is 0 Å². The summed E-state index contributed by atoms with van der Waals surface area (Å²) < 4.78 is 0. The van der Waals surface area contributed by atoms with Crippen molar-refractivity contribution in [3.8, 4) is 17.3 Å². The van der Waals surface area contributed by atoms with Crippen LogP contribution in [0.15, 0.2) is 77.2 Å². The predicted octanol–water partition coefficient (Wildman–Crippen LogP) is 5.67. The Kier molecular flexibility index (Phi) is 4.65. The van der Waals surface area contributed by atoms with E-state index in [-0.39, 0.29) is 0 Å². The lowest BCUT2D eigenvalue weighted by atomic mass is 10.0. The van der Waals surface area contributed by atoms with Crippen LogP contribution in [-0.4, -0.2) is 10.7 Å². The summed E-state index contributed by atoms with van der Waals surface area (Å²) in [6, 6.07) is 24.1. The van der Waals surface area contributed by atoms with Gasteiger partial charge in [-0.05, 0) is 41.5 Å². The number of fused-ring (bicyclic) bond motifs is 1. The van der Waals surface area contributed by atoms with Gasteiger partial charge in [0.15, 0.2) is 0 Å². The molecule has 5 heteroatoms. The van der Waals surface area contributed by atoms with Gasteiger partial charge in [0.25, 0.3) is 0 Å². The van der Waals surface area contributed by atoms with E-state index in [0.29, 0.717) is 5.56 Å². The molecule has 4 rings (SSSR count). The summed E-state index contributed by atoms with van der Waals surface area (Å²) in [6.07, 6.45) is 0. The van der Waals surface area contributed by atoms with Gasteiger partial charge in [-0.3, -0.25) is 5.43 Å². The van der Waals surface area contributed by atoms with E-state index in [4.69, 9.17) is 5.26 Å². The second-order valence-corrected chi connectivity index (χ2v) is 6.96. The van der Waals surface area contributed by atoms with Crippen molar-refractivity contribution in [3.05, 3.63) is 83.2 Å². The molecular weight excluding hydrogens is 352 g/mol. The first-order valence-electron chi connectivity index (χ1n) is 8.48. The van der Waals surface area contributed by atoms with E-state index in [1.54, 1.807) is 12.1 Å². The molecule has 4 aromatic rings. The summed E-state index contributed by atoms with van der Waals surface area (Å²) in [4.78, 5) is 4.57. The Morgan fingerprint density at radius 3 is 2.59 bits per heavy atom. The van der Waals surface area contributed by atoms with Crippen molar-refractivity contribution < 1.29 is 0 Å². The maximum atomic E-state index is 8.89. The first-order chi connectivity index (χ1) is 13.2. The van der Waals surface area contributed by atoms with Gasteiger partial charge in [-0.1, -0.05) is 48.5 Å². The van der Waals surface area contributed by atoms with Crippen LogP contribution in [0.2, 0.25) is 0 Å². The maximum Gasteiger partial charge on any atom is 0.203 e.